The molecule has 0 saturated carbocycles. The number of piperidine rings is 2. The number of nitrogens with one attached hydrogen (secondary N) is 2. The topological polar surface area (TPSA) is 118 Å². The van der Waals surface area contributed by atoms with Gasteiger partial charge in [0.05, 0.1) is 36.6 Å². The van der Waals surface area contributed by atoms with Crippen molar-refractivity contribution in [3.8, 4) is 0 Å². The molecule has 1 aromatic heterocycles. The number of oxazole rings is 1. The van der Waals surface area contributed by atoms with Crippen molar-refractivity contribution in [2.24, 2.45) is 5.73 Å². The highest BCUT2D eigenvalue weighted by Crippen LogP contribution is 2.30. The number of H-pyrrole nitrogens is 1. The van der Waals surface area contributed by atoms with Crippen LogP contribution < -0.4 is 16.8 Å². The van der Waals surface area contributed by atoms with Crippen molar-refractivity contribution in [1.82, 2.24) is 10.3 Å². The summed E-state index contributed by atoms with van der Waals surface area (Å²) < 4.78 is 5.66. The molecule has 2 amide bonds. The first-order valence-corrected chi connectivity index (χ1v) is 10.4. The predicted molar refractivity (Wildman–Crippen MR) is 108 cm³/mol. The second-order valence-corrected chi connectivity index (χ2v) is 8.16. The number of quaternary nitrogens is 1. The average Bonchev–Trinajstić information content (AvgIpc) is 3.12. The smallest absolute Gasteiger partial charge is 0.408 e. The lowest BCUT2D eigenvalue weighted by atomic mass is 9.94. The number of carbonyl (C=O) groups is 2. The largest absolute Gasteiger partial charge is 0.417 e. The lowest BCUT2D eigenvalue weighted by molar-refractivity contribution is -0.884. The van der Waals surface area contributed by atoms with Crippen LogP contribution in [0.5, 0.6) is 0 Å². The molecule has 2 aliphatic rings. The van der Waals surface area contributed by atoms with E-state index < -0.39 is 11.7 Å². The van der Waals surface area contributed by atoms with E-state index in [1.165, 1.54) is 6.42 Å². The number of primary amides is 1. The molecule has 1 aromatic carbocycles. The van der Waals surface area contributed by atoms with Crippen LogP contribution in [-0.4, -0.2) is 53.5 Å². The highest BCUT2D eigenvalue weighted by atomic mass is 16.4. The Morgan fingerprint density at radius 1 is 1.17 bits per heavy atom. The van der Waals surface area contributed by atoms with E-state index >= 15 is 0 Å². The van der Waals surface area contributed by atoms with Crippen LogP contribution in [0.15, 0.2) is 21.3 Å². The molecule has 29 heavy (non-hydrogen) atoms. The van der Waals surface area contributed by atoms with Gasteiger partial charge < -0.3 is 15.5 Å². The Hall–Kier alpha value is -2.45. The van der Waals surface area contributed by atoms with Gasteiger partial charge in [-0.3, -0.25) is 14.3 Å². The Labute approximate surface area is 169 Å². The van der Waals surface area contributed by atoms with Crippen LogP contribution in [-0.2, 0) is 11.2 Å². The number of carbonyl (C=O) groups excluding carboxylic acids is 2. The van der Waals surface area contributed by atoms with Gasteiger partial charge in [0.1, 0.15) is 0 Å². The molecule has 1 radical (unpaired) electrons. The molecule has 0 bridgehead atoms. The number of likely N-dealkylation sites (tertiary alicyclic amines) is 1. The van der Waals surface area contributed by atoms with E-state index in [9.17, 15) is 14.4 Å². The third-order valence-corrected chi connectivity index (χ3v) is 6.43. The Morgan fingerprint density at radius 3 is 2.59 bits per heavy atom. The summed E-state index contributed by atoms with van der Waals surface area (Å²) in [5.41, 5.74) is 6.96. The minimum atomic E-state index is -0.644. The molecule has 0 atom stereocenters. The van der Waals surface area contributed by atoms with Crippen LogP contribution in [0.3, 0.4) is 0 Å². The van der Waals surface area contributed by atoms with Crippen LogP contribution in [0, 0.1) is 6.42 Å². The molecule has 155 valence electrons. The Kier molecular flexibility index (Phi) is 5.56. The molecule has 8 nitrogen and oxygen atoms in total. The van der Waals surface area contributed by atoms with Gasteiger partial charge in [-0.2, -0.15) is 0 Å². The van der Waals surface area contributed by atoms with Crippen LogP contribution in [0.4, 0.5) is 0 Å². The van der Waals surface area contributed by atoms with E-state index in [-0.39, 0.29) is 17.1 Å². The number of amides is 2. The molecule has 2 saturated heterocycles. The first kappa shape index (κ1) is 19.8. The standard InChI is InChI=1S/C21H27N4O4/c22-20(27)16-12-14(13-17-19(16)24-21(28)29-17)4-5-18(26)25(10-2-1-3-11-25)15-6-8-23-9-7-15/h5,12-13,15,23H,1-4,6-11H2,(H2-,22,24,27,28)/p+1. The molecule has 4 N–H and O–H groups in total. The zero-order chi connectivity index (χ0) is 20.4. The molecule has 0 aliphatic carbocycles. The maximum atomic E-state index is 13.4. The minimum absolute atomic E-state index is 0.160. The quantitative estimate of drug-likeness (QED) is 0.653. The second-order valence-electron chi connectivity index (χ2n) is 8.16. The van der Waals surface area contributed by atoms with Gasteiger partial charge in [0, 0.05) is 25.9 Å². The number of nitrogens with two attached hydrogens (primary N) is 1. The van der Waals surface area contributed by atoms with Gasteiger partial charge in [-0.15, -0.1) is 0 Å². The summed E-state index contributed by atoms with van der Waals surface area (Å²) in [7, 11) is 0. The lowest BCUT2D eigenvalue weighted by Gasteiger charge is -2.46. The number of hydrogen-bond donors (Lipinski definition) is 3. The fourth-order valence-corrected chi connectivity index (χ4v) is 4.95. The van der Waals surface area contributed by atoms with Gasteiger partial charge in [-0.25, -0.2) is 9.59 Å². The zero-order valence-electron chi connectivity index (χ0n) is 16.5. The number of benzene rings is 1. The van der Waals surface area contributed by atoms with Crippen LogP contribution >= 0.6 is 0 Å². The van der Waals surface area contributed by atoms with E-state index in [0.29, 0.717) is 22.5 Å². The number of rotatable bonds is 5. The molecule has 2 aliphatic heterocycles. The number of aromatic amines is 1. The predicted octanol–water partition coefficient (Wildman–Crippen LogP) is 1.25. The molecule has 2 aromatic rings. The van der Waals surface area contributed by atoms with Crippen molar-refractivity contribution >= 4 is 22.9 Å². The maximum absolute atomic E-state index is 13.4. The summed E-state index contributed by atoms with van der Waals surface area (Å²) in [6.07, 6.45) is 7.49. The first-order valence-electron chi connectivity index (χ1n) is 10.4. The fourth-order valence-electron chi connectivity index (χ4n) is 4.95. The Morgan fingerprint density at radius 2 is 1.90 bits per heavy atom. The van der Waals surface area contributed by atoms with Gasteiger partial charge in [0.2, 0.25) is 0 Å². The third kappa shape index (κ3) is 3.86. The van der Waals surface area contributed by atoms with Gasteiger partial charge in [-0.05, 0) is 43.4 Å². The molecule has 0 unspecified atom stereocenters. The molecule has 3 heterocycles. The maximum Gasteiger partial charge on any atom is 0.417 e. The number of nitrogens with zero attached hydrogens (tertiary/aromatic N) is 1. The van der Waals surface area contributed by atoms with Gasteiger partial charge >= 0.3 is 11.7 Å². The highest BCUT2D eigenvalue weighted by molar-refractivity contribution is 6.03. The van der Waals surface area contributed by atoms with E-state index in [0.717, 1.165) is 57.4 Å². The molecule has 4 rings (SSSR count). The fraction of sp³-hybridized carbons (Fsp3) is 0.524. The third-order valence-electron chi connectivity index (χ3n) is 6.43. The SMILES string of the molecule is NC(=O)c1cc(C[CH]C(=O)[N+]2(C3CCNCC3)CCCCC2)cc2oc(=O)[nH]c12. The summed E-state index contributed by atoms with van der Waals surface area (Å²) >= 11 is 0. The monoisotopic (exact) mass is 400 g/mol. The first-order chi connectivity index (χ1) is 14.0. The molecule has 8 heteroatoms. The number of fused-ring (bicyclic) bond motifs is 1. The average molecular weight is 400 g/mol. The summed E-state index contributed by atoms with van der Waals surface area (Å²) in [5.74, 6) is -1.12. The van der Waals surface area contributed by atoms with Crippen LogP contribution in [0.25, 0.3) is 11.1 Å². The van der Waals surface area contributed by atoms with E-state index in [2.05, 4.69) is 10.3 Å². The van der Waals surface area contributed by atoms with Gasteiger partial charge in [-0.1, -0.05) is 0 Å². The van der Waals surface area contributed by atoms with Gasteiger partial charge in [0.25, 0.3) is 5.91 Å². The molecular formula is C21H28N4O4+. The minimum Gasteiger partial charge on any atom is -0.408 e. The van der Waals surface area contributed by atoms with Crippen molar-refractivity contribution in [3.63, 3.8) is 0 Å². The van der Waals surface area contributed by atoms with Crippen molar-refractivity contribution < 1.29 is 18.5 Å². The number of aromatic nitrogens is 1. The van der Waals surface area contributed by atoms with E-state index in [1.807, 2.05) is 0 Å². The van der Waals surface area contributed by atoms with Crippen LogP contribution in [0.1, 0.15) is 48.0 Å². The number of hydrogen-bond acceptors (Lipinski definition) is 5. The second kappa shape index (κ2) is 8.12. The Balaban J connectivity index is 1.56. The van der Waals surface area contributed by atoms with Crippen molar-refractivity contribution in [3.05, 3.63) is 40.2 Å². The van der Waals surface area contributed by atoms with E-state index in [1.54, 1.807) is 18.6 Å². The van der Waals surface area contributed by atoms with Crippen molar-refractivity contribution in [1.29, 1.82) is 0 Å². The molecule has 0 spiro atoms. The van der Waals surface area contributed by atoms with Crippen molar-refractivity contribution in [2.45, 2.75) is 44.6 Å². The lowest BCUT2D eigenvalue weighted by Crippen LogP contribution is -2.63. The Bertz CT molecular complexity index is 965. The summed E-state index contributed by atoms with van der Waals surface area (Å²) in [5, 5.41) is 3.39. The zero-order valence-corrected chi connectivity index (χ0v) is 16.5. The van der Waals surface area contributed by atoms with Crippen molar-refractivity contribution in [2.75, 3.05) is 26.2 Å². The summed E-state index contributed by atoms with van der Waals surface area (Å²) in [6.45, 7) is 3.72. The van der Waals surface area contributed by atoms with Gasteiger partial charge in [0.15, 0.2) is 5.58 Å². The van der Waals surface area contributed by atoms with Crippen LogP contribution in [0.2, 0.25) is 0 Å². The molecular weight excluding hydrogens is 372 g/mol. The summed E-state index contributed by atoms with van der Waals surface area (Å²) in [6, 6.07) is 3.69. The highest BCUT2D eigenvalue weighted by Gasteiger charge is 2.44. The normalized spacial score (nSPS) is 20.0. The summed E-state index contributed by atoms with van der Waals surface area (Å²) in [4.78, 5) is 39.2. The van der Waals surface area contributed by atoms with E-state index in [4.69, 9.17) is 10.2 Å². The molecule has 2 fully saturated rings.